The van der Waals surface area contributed by atoms with E-state index in [0.29, 0.717) is 64.9 Å². The molecule has 2 amide bonds. The SMILES string of the molecule is COc1cc(N2CCN(C(=O)OC(C)(C)C)CC2)ccc1Nc1nc(Cc2c(Cl)cccc2Cl)n2c(C)nnc2c1C(N)=O. The van der Waals surface area contributed by atoms with Crippen LogP contribution in [0.4, 0.5) is 22.0 Å². The van der Waals surface area contributed by atoms with Gasteiger partial charge in [0.15, 0.2) is 5.65 Å². The predicted octanol–water partition coefficient (Wildman–Crippen LogP) is 5.24. The summed E-state index contributed by atoms with van der Waals surface area (Å²) in [6.07, 6.45) is -0.0736. The second-order valence-electron chi connectivity index (χ2n) is 11.4. The lowest BCUT2D eigenvalue weighted by Crippen LogP contribution is -2.50. The van der Waals surface area contributed by atoms with Crippen LogP contribution in [0.3, 0.4) is 0 Å². The van der Waals surface area contributed by atoms with Crippen molar-refractivity contribution in [2.45, 2.75) is 39.7 Å². The van der Waals surface area contributed by atoms with Crippen LogP contribution in [0, 0.1) is 6.92 Å². The standard InChI is InChI=1S/C30H34Cl2N8O4/c1-17-36-37-28-25(26(33)41)27(35-24(40(17)28)16-19-20(31)7-6-8-21(19)32)34-22-10-9-18(15-23(22)43-5)38-11-13-39(14-12-38)29(42)44-30(2,3)4/h6-10,15,34H,11-14,16H2,1-5H3,(H2,33,41). The van der Waals surface area contributed by atoms with Crippen LogP contribution in [-0.4, -0.2) is 75.4 Å². The molecule has 232 valence electrons. The number of fused-ring (bicyclic) bond motifs is 1. The molecule has 3 N–H and O–H groups in total. The van der Waals surface area contributed by atoms with E-state index in [1.165, 1.54) is 0 Å². The molecule has 0 radical (unpaired) electrons. The van der Waals surface area contributed by atoms with E-state index in [4.69, 9.17) is 43.4 Å². The van der Waals surface area contributed by atoms with Crippen LogP contribution in [0.2, 0.25) is 10.0 Å². The molecule has 14 heteroatoms. The number of ether oxygens (including phenoxy) is 2. The third kappa shape index (κ3) is 6.46. The Labute approximate surface area is 265 Å². The first kappa shape index (κ1) is 31.1. The molecule has 1 aliphatic rings. The number of benzene rings is 2. The number of amides is 2. The maximum absolute atomic E-state index is 12.7. The van der Waals surface area contributed by atoms with Crippen LogP contribution >= 0.6 is 23.2 Å². The molecule has 0 bridgehead atoms. The van der Waals surface area contributed by atoms with Crippen LogP contribution in [0.15, 0.2) is 36.4 Å². The van der Waals surface area contributed by atoms with Gasteiger partial charge in [0.2, 0.25) is 0 Å². The summed E-state index contributed by atoms with van der Waals surface area (Å²) in [4.78, 5) is 33.9. The summed E-state index contributed by atoms with van der Waals surface area (Å²) in [7, 11) is 1.56. The molecule has 5 rings (SSSR count). The van der Waals surface area contributed by atoms with Crippen LogP contribution in [0.25, 0.3) is 5.65 Å². The lowest BCUT2D eigenvalue weighted by molar-refractivity contribution is 0.0240. The zero-order valence-electron chi connectivity index (χ0n) is 25.1. The Morgan fingerprint density at radius 1 is 1.05 bits per heavy atom. The van der Waals surface area contributed by atoms with Crippen molar-refractivity contribution in [1.82, 2.24) is 24.5 Å². The van der Waals surface area contributed by atoms with Gasteiger partial charge in [0.05, 0.1) is 12.8 Å². The minimum Gasteiger partial charge on any atom is -0.494 e. The number of methoxy groups -OCH3 is 1. The minimum absolute atomic E-state index is 0.0731. The van der Waals surface area contributed by atoms with Gasteiger partial charge in [-0.2, -0.15) is 0 Å². The number of halogens is 2. The number of rotatable bonds is 7. The number of anilines is 3. The molecule has 1 saturated heterocycles. The van der Waals surface area contributed by atoms with Gasteiger partial charge in [0, 0.05) is 54.4 Å². The van der Waals surface area contributed by atoms with E-state index in [-0.39, 0.29) is 29.5 Å². The molecule has 1 aliphatic heterocycles. The number of aryl methyl sites for hydroxylation is 1. The number of primary amides is 1. The van der Waals surface area contributed by atoms with Gasteiger partial charge >= 0.3 is 6.09 Å². The maximum atomic E-state index is 12.7. The third-order valence-corrected chi connectivity index (χ3v) is 7.87. The fourth-order valence-corrected chi connectivity index (χ4v) is 5.58. The second kappa shape index (κ2) is 12.4. The van der Waals surface area contributed by atoms with E-state index in [1.807, 2.05) is 39.0 Å². The molecule has 1 fully saturated rings. The first-order valence-electron chi connectivity index (χ1n) is 14.0. The van der Waals surface area contributed by atoms with E-state index in [2.05, 4.69) is 20.4 Å². The van der Waals surface area contributed by atoms with Crippen LogP contribution < -0.4 is 20.7 Å². The van der Waals surface area contributed by atoms with Crippen molar-refractivity contribution in [3.05, 3.63) is 69.2 Å². The highest BCUT2D eigenvalue weighted by Gasteiger charge is 2.27. The number of carbonyl (C=O) groups is 2. The zero-order valence-corrected chi connectivity index (χ0v) is 26.7. The third-order valence-electron chi connectivity index (χ3n) is 7.16. The maximum Gasteiger partial charge on any atom is 0.410 e. The van der Waals surface area contributed by atoms with Gasteiger partial charge < -0.3 is 30.3 Å². The molecule has 0 saturated carbocycles. The Morgan fingerprint density at radius 2 is 1.73 bits per heavy atom. The average Bonchev–Trinajstić information content (AvgIpc) is 3.35. The van der Waals surface area contributed by atoms with E-state index >= 15 is 0 Å². The molecule has 0 spiro atoms. The Balaban J connectivity index is 1.45. The highest BCUT2D eigenvalue weighted by Crippen LogP contribution is 2.35. The molecule has 2 aromatic carbocycles. The van der Waals surface area contributed by atoms with Crippen molar-refractivity contribution in [3.63, 3.8) is 0 Å². The summed E-state index contributed by atoms with van der Waals surface area (Å²) in [5.41, 5.74) is 7.76. The second-order valence-corrected chi connectivity index (χ2v) is 12.2. The van der Waals surface area contributed by atoms with Crippen LogP contribution in [0.1, 0.15) is 48.3 Å². The van der Waals surface area contributed by atoms with Crippen molar-refractivity contribution < 1.29 is 19.1 Å². The number of hydrogen-bond acceptors (Lipinski definition) is 9. The van der Waals surface area contributed by atoms with Crippen molar-refractivity contribution in [3.8, 4) is 5.75 Å². The first-order chi connectivity index (χ1) is 20.9. The van der Waals surface area contributed by atoms with Crippen LogP contribution in [-0.2, 0) is 11.2 Å². The smallest absolute Gasteiger partial charge is 0.410 e. The summed E-state index contributed by atoms with van der Waals surface area (Å²) < 4.78 is 12.9. The van der Waals surface area contributed by atoms with Crippen molar-refractivity contribution in [2.75, 3.05) is 43.5 Å². The lowest BCUT2D eigenvalue weighted by atomic mass is 10.1. The summed E-state index contributed by atoms with van der Waals surface area (Å²) in [5, 5.41) is 12.6. The quantitative estimate of drug-likeness (QED) is 0.277. The van der Waals surface area contributed by atoms with Crippen molar-refractivity contribution >= 4 is 58.0 Å². The van der Waals surface area contributed by atoms with Crippen molar-refractivity contribution in [2.24, 2.45) is 5.73 Å². The van der Waals surface area contributed by atoms with Gasteiger partial charge in [-0.15, -0.1) is 10.2 Å². The van der Waals surface area contributed by atoms with Gasteiger partial charge in [0.25, 0.3) is 5.91 Å². The fourth-order valence-electron chi connectivity index (χ4n) is 5.05. The van der Waals surface area contributed by atoms with Gasteiger partial charge in [-0.3, -0.25) is 9.20 Å². The lowest BCUT2D eigenvalue weighted by Gasteiger charge is -2.37. The summed E-state index contributed by atoms with van der Waals surface area (Å²) in [6.45, 7) is 9.62. The van der Waals surface area contributed by atoms with E-state index in [0.717, 1.165) is 5.69 Å². The molecule has 0 atom stereocenters. The Kier molecular flexibility index (Phi) is 8.76. The highest BCUT2D eigenvalue weighted by molar-refractivity contribution is 6.36. The first-order valence-corrected chi connectivity index (χ1v) is 14.8. The molecule has 0 unspecified atom stereocenters. The number of hydrogen-bond donors (Lipinski definition) is 2. The monoisotopic (exact) mass is 640 g/mol. The topological polar surface area (TPSA) is 140 Å². The molecule has 0 aliphatic carbocycles. The number of piperazine rings is 1. The van der Waals surface area contributed by atoms with Gasteiger partial charge in [-0.1, -0.05) is 29.3 Å². The predicted molar refractivity (Wildman–Crippen MR) is 170 cm³/mol. The molecule has 44 heavy (non-hydrogen) atoms. The molecule has 2 aromatic heterocycles. The minimum atomic E-state index is -0.724. The molecular weight excluding hydrogens is 607 g/mol. The summed E-state index contributed by atoms with van der Waals surface area (Å²) in [6, 6.07) is 10.9. The summed E-state index contributed by atoms with van der Waals surface area (Å²) >= 11 is 12.9. The van der Waals surface area contributed by atoms with Crippen LogP contribution in [0.5, 0.6) is 5.75 Å². The number of nitrogens with two attached hydrogens (primary N) is 1. The van der Waals surface area contributed by atoms with Gasteiger partial charge in [0.1, 0.15) is 34.4 Å². The highest BCUT2D eigenvalue weighted by atomic mass is 35.5. The van der Waals surface area contributed by atoms with E-state index in [1.54, 1.807) is 41.5 Å². The normalized spacial score (nSPS) is 13.7. The van der Waals surface area contributed by atoms with Crippen molar-refractivity contribution in [1.29, 1.82) is 0 Å². The number of nitrogens with one attached hydrogen (secondary N) is 1. The van der Waals surface area contributed by atoms with E-state index in [9.17, 15) is 9.59 Å². The molecule has 3 heterocycles. The molecule has 12 nitrogen and oxygen atoms in total. The Morgan fingerprint density at radius 3 is 2.34 bits per heavy atom. The average molecular weight is 642 g/mol. The summed E-state index contributed by atoms with van der Waals surface area (Å²) in [5.74, 6) is 1.00. The number of nitrogens with zero attached hydrogens (tertiary/aromatic N) is 6. The van der Waals surface area contributed by atoms with Gasteiger partial charge in [-0.05, 0) is 57.5 Å². The number of aromatic nitrogens is 4. The Hall–Kier alpha value is -4.29. The largest absolute Gasteiger partial charge is 0.494 e. The van der Waals surface area contributed by atoms with Gasteiger partial charge in [-0.25, -0.2) is 9.78 Å². The Bertz CT molecular complexity index is 1710. The molecular formula is C30H34Cl2N8O4. The zero-order chi connectivity index (χ0) is 31.8. The number of carbonyl (C=O) groups excluding carboxylic acids is 2. The van der Waals surface area contributed by atoms with E-state index < -0.39 is 11.5 Å². The fraction of sp³-hybridized carbons (Fsp3) is 0.367. The molecule has 4 aromatic rings.